The van der Waals surface area contributed by atoms with Crippen molar-refractivity contribution in [3.63, 3.8) is 0 Å². The Bertz CT molecular complexity index is 529. The highest BCUT2D eigenvalue weighted by atomic mass is 32.2. The molecule has 108 valence electrons. The zero-order chi connectivity index (χ0) is 14.6. The van der Waals surface area contributed by atoms with Crippen molar-refractivity contribution in [3.05, 3.63) is 18.2 Å². The molecule has 2 atom stereocenters. The Labute approximate surface area is 117 Å². The molecule has 1 rings (SSSR count). The number of hydrogen-bond acceptors (Lipinski definition) is 6. The summed E-state index contributed by atoms with van der Waals surface area (Å²) >= 11 is 1.38. The van der Waals surface area contributed by atoms with Crippen LogP contribution in [0.15, 0.2) is 23.1 Å². The molecular formula is C11H18N2O4S2. The van der Waals surface area contributed by atoms with Crippen molar-refractivity contribution >= 4 is 27.5 Å². The van der Waals surface area contributed by atoms with Crippen molar-refractivity contribution in [2.45, 2.75) is 23.1 Å². The average molecular weight is 306 g/mol. The van der Waals surface area contributed by atoms with Crippen LogP contribution < -0.4 is 10.5 Å². The smallest absolute Gasteiger partial charge is 0.240 e. The number of phenols is 1. The third-order valence-electron chi connectivity index (χ3n) is 2.69. The Kier molecular flexibility index (Phi) is 5.48. The SMILES string of the molecule is CSC(CO)C(C)NS(=O)(=O)c1ccc(O)c(N)c1. The number of aliphatic hydroxyl groups excluding tert-OH is 1. The van der Waals surface area contributed by atoms with Gasteiger partial charge in [0.05, 0.1) is 17.2 Å². The summed E-state index contributed by atoms with van der Waals surface area (Å²) in [7, 11) is -3.73. The maximum Gasteiger partial charge on any atom is 0.240 e. The van der Waals surface area contributed by atoms with E-state index in [9.17, 15) is 13.5 Å². The summed E-state index contributed by atoms with van der Waals surface area (Å²) in [6.45, 7) is 1.56. The Hall–Kier alpha value is -0.960. The van der Waals surface area contributed by atoms with Gasteiger partial charge in [0.2, 0.25) is 10.0 Å². The van der Waals surface area contributed by atoms with Crippen LogP contribution in [0.4, 0.5) is 5.69 Å². The first-order valence-corrected chi connectivity index (χ1v) is 8.33. The fraction of sp³-hybridized carbons (Fsp3) is 0.455. The second-order valence-corrected chi connectivity index (χ2v) is 6.88. The number of thioether (sulfide) groups is 1. The summed E-state index contributed by atoms with van der Waals surface area (Å²) in [6.07, 6.45) is 1.80. The van der Waals surface area contributed by atoms with Gasteiger partial charge in [-0.25, -0.2) is 13.1 Å². The molecule has 0 fully saturated rings. The van der Waals surface area contributed by atoms with E-state index in [1.165, 1.54) is 30.0 Å². The molecule has 8 heteroatoms. The number of nitrogens with one attached hydrogen (secondary N) is 1. The number of hydrogen-bond donors (Lipinski definition) is 4. The van der Waals surface area contributed by atoms with Crippen LogP contribution >= 0.6 is 11.8 Å². The number of rotatable bonds is 6. The molecule has 1 aromatic carbocycles. The molecule has 6 nitrogen and oxygen atoms in total. The predicted molar refractivity (Wildman–Crippen MR) is 76.7 cm³/mol. The Morgan fingerprint density at radius 3 is 2.58 bits per heavy atom. The van der Waals surface area contributed by atoms with Gasteiger partial charge in [0.1, 0.15) is 5.75 Å². The number of benzene rings is 1. The highest BCUT2D eigenvalue weighted by Crippen LogP contribution is 2.23. The molecular weight excluding hydrogens is 288 g/mol. The van der Waals surface area contributed by atoms with E-state index in [0.29, 0.717) is 0 Å². The molecule has 0 aliphatic rings. The molecule has 5 N–H and O–H groups in total. The van der Waals surface area contributed by atoms with Crippen LogP contribution in [0.2, 0.25) is 0 Å². The van der Waals surface area contributed by atoms with Gasteiger partial charge in [0.25, 0.3) is 0 Å². The summed E-state index contributed by atoms with van der Waals surface area (Å²) in [5.74, 6) is -0.163. The molecule has 0 bridgehead atoms. The molecule has 0 aliphatic heterocycles. The Morgan fingerprint density at radius 2 is 2.11 bits per heavy atom. The standard InChI is InChI=1S/C11H18N2O4S2/c1-7(11(6-14)18-2)13-19(16,17)8-3-4-10(15)9(12)5-8/h3-5,7,11,13-15H,6,12H2,1-2H3. The van der Waals surface area contributed by atoms with Gasteiger partial charge < -0.3 is 15.9 Å². The molecule has 2 unspecified atom stereocenters. The van der Waals surface area contributed by atoms with Gasteiger partial charge in [-0.1, -0.05) is 0 Å². The maximum atomic E-state index is 12.1. The first-order chi connectivity index (χ1) is 8.81. The number of sulfonamides is 1. The predicted octanol–water partition coefficient (Wildman–Crippen LogP) is 0.365. The number of nitrogen functional groups attached to an aromatic ring is 1. The minimum absolute atomic E-state index is 0.000831. The molecule has 0 amide bonds. The highest BCUT2D eigenvalue weighted by molar-refractivity contribution is 7.99. The largest absolute Gasteiger partial charge is 0.506 e. The third-order valence-corrected chi connectivity index (χ3v) is 5.41. The lowest BCUT2D eigenvalue weighted by atomic mass is 10.3. The number of nitrogens with two attached hydrogens (primary N) is 1. The van der Waals surface area contributed by atoms with Gasteiger partial charge in [-0.2, -0.15) is 11.8 Å². The second kappa shape index (κ2) is 6.47. The molecule has 0 heterocycles. The van der Waals surface area contributed by atoms with Gasteiger partial charge in [0, 0.05) is 11.3 Å². The van der Waals surface area contributed by atoms with Gasteiger partial charge >= 0.3 is 0 Å². The molecule has 19 heavy (non-hydrogen) atoms. The van der Waals surface area contributed by atoms with E-state index < -0.39 is 16.1 Å². The lowest BCUT2D eigenvalue weighted by Crippen LogP contribution is -2.41. The normalized spacial score (nSPS) is 15.1. The van der Waals surface area contributed by atoms with E-state index in [0.717, 1.165) is 0 Å². The molecule has 0 aromatic heterocycles. The third kappa shape index (κ3) is 4.00. The van der Waals surface area contributed by atoms with E-state index in [4.69, 9.17) is 10.8 Å². The first-order valence-electron chi connectivity index (χ1n) is 5.56. The number of aliphatic hydroxyl groups is 1. The van der Waals surface area contributed by atoms with Crippen LogP contribution in [0.25, 0.3) is 0 Å². The van der Waals surface area contributed by atoms with Crippen LogP contribution in [0.3, 0.4) is 0 Å². The fourth-order valence-electron chi connectivity index (χ4n) is 1.53. The molecule has 0 saturated heterocycles. The minimum Gasteiger partial charge on any atom is -0.506 e. The Balaban J connectivity index is 2.95. The van der Waals surface area contributed by atoms with Crippen molar-refractivity contribution in [1.29, 1.82) is 0 Å². The van der Waals surface area contributed by atoms with Gasteiger partial charge in [-0.05, 0) is 31.4 Å². The lowest BCUT2D eigenvalue weighted by Gasteiger charge is -2.21. The van der Waals surface area contributed by atoms with E-state index >= 15 is 0 Å². The average Bonchev–Trinajstić information content (AvgIpc) is 2.33. The van der Waals surface area contributed by atoms with Crippen molar-refractivity contribution < 1.29 is 18.6 Å². The molecule has 0 saturated carbocycles. The first kappa shape index (κ1) is 16.1. The van der Waals surface area contributed by atoms with E-state index in [1.807, 2.05) is 0 Å². The summed E-state index contributed by atoms with van der Waals surface area (Å²) < 4.78 is 26.7. The van der Waals surface area contributed by atoms with Crippen molar-refractivity contribution in [2.75, 3.05) is 18.6 Å². The minimum atomic E-state index is -3.73. The van der Waals surface area contributed by atoms with E-state index in [-0.39, 0.29) is 28.2 Å². The summed E-state index contributed by atoms with van der Waals surface area (Å²) in [6, 6.07) is 3.26. The van der Waals surface area contributed by atoms with Crippen LogP contribution in [0, 0.1) is 0 Å². The number of phenolic OH excluding ortho intramolecular Hbond substituents is 1. The lowest BCUT2D eigenvalue weighted by molar-refractivity contribution is 0.282. The summed E-state index contributed by atoms with van der Waals surface area (Å²) in [4.78, 5) is -0.0209. The van der Waals surface area contributed by atoms with Gasteiger partial charge in [0.15, 0.2) is 0 Å². The van der Waals surface area contributed by atoms with Gasteiger partial charge in [-0.15, -0.1) is 0 Å². The quantitative estimate of drug-likeness (QED) is 0.446. The fourth-order valence-corrected chi connectivity index (χ4v) is 3.56. The second-order valence-electron chi connectivity index (χ2n) is 4.09. The van der Waals surface area contributed by atoms with Crippen molar-refractivity contribution in [3.8, 4) is 5.75 Å². The van der Waals surface area contributed by atoms with Crippen LogP contribution in [-0.2, 0) is 10.0 Å². The molecule has 0 aliphatic carbocycles. The number of anilines is 1. The molecule has 1 aromatic rings. The summed E-state index contributed by atoms with van der Waals surface area (Å²) in [5.41, 5.74) is 5.47. The summed E-state index contributed by atoms with van der Waals surface area (Å²) in [5, 5.41) is 18.2. The zero-order valence-electron chi connectivity index (χ0n) is 10.7. The van der Waals surface area contributed by atoms with E-state index in [1.54, 1.807) is 13.2 Å². The van der Waals surface area contributed by atoms with E-state index in [2.05, 4.69) is 4.72 Å². The number of aromatic hydroxyl groups is 1. The highest BCUT2D eigenvalue weighted by Gasteiger charge is 2.23. The molecule has 0 spiro atoms. The van der Waals surface area contributed by atoms with Gasteiger partial charge in [-0.3, -0.25) is 0 Å². The maximum absolute atomic E-state index is 12.1. The van der Waals surface area contributed by atoms with Crippen molar-refractivity contribution in [2.24, 2.45) is 0 Å². The topological polar surface area (TPSA) is 113 Å². The van der Waals surface area contributed by atoms with Crippen LogP contribution in [-0.4, -0.2) is 42.8 Å². The zero-order valence-corrected chi connectivity index (χ0v) is 12.3. The van der Waals surface area contributed by atoms with Crippen molar-refractivity contribution in [1.82, 2.24) is 4.72 Å². The monoisotopic (exact) mass is 306 g/mol. The molecule has 0 radical (unpaired) electrons. The van der Waals surface area contributed by atoms with Crippen LogP contribution in [0.1, 0.15) is 6.92 Å². The van der Waals surface area contributed by atoms with Crippen LogP contribution in [0.5, 0.6) is 5.75 Å². The Morgan fingerprint density at radius 1 is 1.47 bits per heavy atom.